The lowest BCUT2D eigenvalue weighted by molar-refractivity contribution is 0.0732. The Morgan fingerprint density at radius 1 is 1.28 bits per heavy atom. The molecule has 1 unspecified atom stereocenters. The molecule has 0 aromatic heterocycles. The maximum absolute atomic E-state index is 5.27. The van der Waals surface area contributed by atoms with Gasteiger partial charge >= 0.3 is 0 Å². The first kappa shape index (κ1) is 22.6. The first-order valence-corrected chi connectivity index (χ1v) is 9.70. The van der Waals surface area contributed by atoms with Crippen LogP contribution in [0.1, 0.15) is 32.6 Å². The third-order valence-corrected chi connectivity index (χ3v) is 5.86. The van der Waals surface area contributed by atoms with Crippen molar-refractivity contribution < 1.29 is 4.74 Å². The molecule has 2 N–H and O–H groups in total. The van der Waals surface area contributed by atoms with E-state index in [2.05, 4.69) is 52.9 Å². The van der Waals surface area contributed by atoms with Crippen LogP contribution in [0.25, 0.3) is 0 Å². The van der Waals surface area contributed by atoms with E-state index < -0.39 is 0 Å². The second kappa shape index (κ2) is 12.0. The van der Waals surface area contributed by atoms with Gasteiger partial charge < -0.3 is 15.4 Å². The summed E-state index contributed by atoms with van der Waals surface area (Å²) in [5.41, 5.74) is 0.401. The summed E-state index contributed by atoms with van der Waals surface area (Å²) in [5.74, 6) is 0.902. The highest BCUT2D eigenvalue weighted by atomic mass is 127. The number of ether oxygens (including phenoxy) is 1. The Labute approximate surface area is 174 Å². The Hall–Kier alpha value is -0.470. The predicted octanol–water partition coefficient (Wildman–Crippen LogP) is 4.16. The zero-order valence-corrected chi connectivity index (χ0v) is 18.7. The third kappa shape index (κ3) is 7.74. The van der Waals surface area contributed by atoms with Gasteiger partial charge in [0.1, 0.15) is 0 Å². The van der Waals surface area contributed by atoms with Gasteiger partial charge in [-0.15, -0.1) is 35.7 Å². The molecule has 6 heteroatoms. The molecule has 25 heavy (non-hydrogen) atoms. The van der Waals surface area contributed by atoms with Gasteiger partial charge in [0.15, 0.2) is 5.96 Å². The molecule has 1 aromatic carbocycles. The molecule has 0 spiro atoms. The molecule has 0 bridgehead atoms. The lowest BCUT2D eigenvalue weighted by atomic mass is 9.67. The summed E-state index contributed by atoms with van der Waals surface area (Å²) in [6.45, 7) is 4.96. The van der Waals surface area contributed by atoms with Gasteiger partial charge in [0.05, 0.1) is 0 Å². The number of thioether (sulfide) groups is 1. The van der Waals surface area contributed by atoms with E-state index in [4.69, 9.17) is 4.74 Å². The second-order valence-electron chi connectivity index (χ2n) is 6.64. The highest BCUT2D eigenvalue weighted by molar-refractivity contribution is 14.0. The smallest absolute Gasteiger partial charge is 0.191 e. The Morgan fingerprint density at radius 2 is 2.00 bits per heavy atom. The molecule has 0 aliphatic heterocycles. The standard InChI is InChI=1S/C19H31N3OS.HI/c1-16(24-17-8-5-4-6-9-17)14-21-18(20-2)22-15-19(10-7-11-19)12-13-23-3;/h4-6,8-9,16H,7,10-15H2,1-3H3,(H2,20,21,22);1H. The van der Waals surface area contributed by atoms with E-state index in [1.54, 1.807) is 7.11 Å². The van der Waals surface area contributed by atoms with Gasteiger partial charge in [-0.25, -0.2) is 0 Å². The lowest BCUT2D eigenvalue weighted by Crippen LogP contribution is -2.47. The van der Waals surface area contributed by atoms with Crippen molar-refractivity contribution in [2.24, 2.45) is 10.4 Å². The Bertz CT molecular complexity index is 509. The minimum atomic E-state index is 0. The van der Waals surface area contributed by atoms with Crippen LogP contribution in [0.5, 0.6) is 0 Å². The van der Waals surface area contributed by atoms with Crippen molar-refractivity contribution in [3.8, 4) is 0 Å². The van der Waals surface area contributed by atoms with Crippen molar-refractivity contribution in [1.29, 1.82) is 0 Å². The van der Waals surface area contributed by atoms with Crippen LogP contribution in [-0.2, 0) is 4.74 Å². The number of benzene rings is 1. The first-order valence-electron chi connectivity index (χ1n) is 8.83. The number of aliphatic imine (C=N–C) groups is 1. The second-order valence-corrected chi connectivity index (χ2v) is 8.16. The molecule has 1 aliphatic rings. The van der Waals surface area contributed by atoms with Crippen molar-refractivity contribution in [2.75, 3.05) is 33.9 Å². The number of hydrogen-bond donors (Lipinski definition) is 2. The van der Waals surface area contributed by atoms with Gasteiger partial charge in [-0.1, -0.05) is 31.5 Å². The normalized spacial score (nSPS) is 17.2. The Balaban J connectivity index is 0.00000312. The van der Waals surface area contributed by atoms with Crippen LogP contribution in [-0.4, -0.2) is 45.1 Å². The van der Waals surface area contributed by atoms with Crippen molar-refractivity contribution in [1.82, 2.24) is 10.6 Å². The fraction of sp³-hybridized carbons (Fsp3) is 0.632. The number of nitrogens with zero attached hydrogens (tertiary/aromatic N) is 1. The fourth-order valence-electron chi connectivity index (χ4n) is 3.02. The van der Waals surface area contributed by atoms with Gasteiger partial charge in [0.2, 0.25) is 0 Å². The minimum absolute atomic E-state index is 0. The highest BCUT2D eigenvalue weighted by Gasteiger charge is 2.36. The van der Waals surface area contributed by atoms with E-state index in [1.165, 1.54) is 24.2 Å². The molecule has 142 valence electrons. The molecule has 2 rings (SSSR count). The number of rotatable bonds is 9. The van der Waals surface area contributed by atoms with Crippen molar-refractivity contribution in [3.63, 3.8) is 0 Å². The molecule has 1 atom stereocenters. The molecule has 0 heterocycles. The van der Waals surface area contributed by atoms with E-state index in [-0.39, 0.29) is 24.0 Å². The lowest BCUT2D eigenvalue weighted by Gasteiger charge is -2.42. The van der Waals surface area contributed by atoms with Crippen LogP contribution >= 0.6 is 35.7 Å². The molecule has 0 amide bonds. The third-order valence-electron chi connectivity index (χ3n) is 4.74. The summed E-state index contributed by atoms with van der Waals surface area (Å²) in [4.78, 5) is 5.67. The maximum Gasteiger partial charge on any atom is 0.191 e. The van der Waals surface area contributed by atoms with Crippen molar-refractivity contribution in [2.45, 2.75) is 42.8 Å². The molecule has 0 radical (unpaired) electrons. The molecule has 1 saturated carbocycles. The van der Waals surface area contributed by atoms with Crippen LogP contribution in [0.2, 0.25) is 0 Å². The van der Waals surface area contributed by atoms with Gasteiger partial charge in [-0.05, 0) is 36.8 Å². The summed E-state index contributed by atoms with van der Waals surface area (Å²) >= 11 is 1.88. The Morgan fingerprint density at radius 3 is 2.56 bits per heavy atom. The molecule has 0 saturated heterocycles. The molecule has 1 fully saturated rings. The largest absolute Gasteiger partial charge is 0.385 e. The van der Waals surface area contributed by atoms with Crippen molar-refractivity contribution >= 4 is 41.7 Å². The highest BCUT2D eigenvalue weighted by Crippen LogP contribution is 2.43. The topological polar surface area (TPSA) is 45.7 Å². The molecular weight excluding hydrogens is 445 g/mol. The van der Waals surface area contributed by atoms with E-state index in [1.807, 2.05) is 18.8 Å². The minimum Gasteiger partial charge on any atom is -0.385 e. The number of guanidine groups is 1. The average Bonchev–Trinajstić information content (AvgIpc) is 2.57. The SMILES string of the molecule is CN=C(NCC(C)Sc1ccccc1)NCC1(CCOC)CCC1.I. The number of hydrogen-bond acceptors (Lipinski definition) is 3. The van der Waals surface area contributed by atoms with Gasteiger partial charge in [-0.2, -0.15) is 0 Å². The molecule has 4 nitrogen and oxygen atoms in total. The number of halogens is 1. The van der Waals surface area contributed by atoms with E-state index in [0.29, 0.717) is 10.7 Å². The fourth-order valence-corrected chi connectivity index (χ4v) is 3.96. The van der Waals surface area contributed by atoms with Crippen molar-refractivity contribution in [3.05, 3.63) is 30.3 Å². The molecular formula is C19H32IN3OS. The molecule has 1 aliphatic carbocycles. The summed E-state index contributed by atoms with van der Waals surface area (Å²) in [6, 6.07) is 10.5. The number of nitrogens with one attached hydrogen (secondary N) is 2. The van der Waals surface area contributed by atoms with Gasteiger partial charge in [0.25, 0.3) is 0 Å². The summed E-state index contributed by atoms with van der Waals surface area (Å²) in [6.07, 6.45) is 5.05. The van der Waals surface area contributed by atoms with Crippen LogP contribution in [0.15, 0.2) is 40.2 Å². The van der Waals surface area contributed by atoms with Crippen LogP contribution in [0.3, 0.4) is 0 Å². The molecule has 1 aromatic rings. The first-order chi connectivity index (χ1) is 11.7. The van der Waals surface area contributed by atoms with E-state index >= 15 is 0 Å². The monoisotopic (exact) mass is 477 g/mol. The Kier molecular flexibility index (Phi) is 10.8. The van der Waals surface area contributed by atoms with Crippen LogP contribution in [0.4, 0.5) is 0 Å². The van der Waals surface area contributed by atoms with E-state index in [0.717, 1.165) is 32.1 Å². The zero-order valence-electron chi connectivity index (χ0n) is 15.6. The van der Waals surface area contributed by atoms with Gasteiger partial charge in [-0.3, -0.25) is 4.99 Å². The maximum atomic E-state index is 5.27. The van der Waals surface area contributed by atoms with Gasteiger partial charge in [0, 0.05) is 44.0 Å². The summed E-state index contributed by atoms with van der Waals surface area (Å²) in [7, 11) is 3.62. The average molecular weight is 477 g/mol. The summed E-state index contributed by atoms with van der Waals surface area (Å²) in [5, 5.41) is 7.45. The predicted molar refractivity (Wildman–Crippen MR) is 119 cm³/mol. The zero-order chi connectivity index (χ0) is 17.3. The number of methoxy groups -OCH3 is 1. The van der Waals surface area contributed by atoms with Crippen LogP contribution < -0.4 is 10.6 Å². The van der Waals surface area contributed by atoms with Crippen LogP contribution in [0, 0.1) is 5.41 Å². The quantitative estimate of drug-likeness (QED) is 0.243. The summed E-state index contributed by atoms with van der Waals surface area (Å²) < 4.78 is 5.27. The van der Waals surface area contributed by atoms with E-state index in [9.17, 15) is 0 Å².